The summed E-state index contributed by atoms with van der Waals surface area (Å²) in [4.78, 5) is 13.8. The number of hydrogen-bond donors (Lipinski definition) is 1. The smallest absolute Gasteiger partial charge is 0.235 e. The maximum Gasteiger partial charge on any atom is 0.235 e. The van der Waals surface area contributed by atoms with Crippen LogP contribution < -0.4 is 10.5 Å². The van der Waals surface area contributed by atoms with Crippen molar-refractivity contribution in [2.75, 3.05) is 13.2 Å². The van der Waals surface area contributed by atoms with Crippen LogP contribution in [0.15, 0.2) is 48.5 Å². The van der Waals surface area contributed by atoms with Crippen LogP contribution in [0, 0.1) is 11.3 Å². The largest absolute Gasteiger partial charge is 0.492 e. The summed E-state index contributed by atoms with van der Waals surface area (Å²) in [6.07, 6.45) is 0.634. The molecule has 0 saturated heterocycles. The summed E-state index contributed by atoms with van der Waals surface area (Å²) in [5.41, 5.74) is 8.55. The van der Waals surface area contributed by atoms with Gasteiger partial charge in [0.25, 0.3) is 0 Å². The maximum atomic E-state index is 11.8. The van der Waals surface area contributed by atoms with Crippen molar-refractivity contribution in [2.24, 2.45) is 5.73 Å². The molecule has 0 saturated carbocycles. The van der Waals surface area contributed by atoms with Gasteiger partial charge in [-0.1, -0.05) is 30.3 Å². The van der Waals surface area contributed by atoms with Crippen molar-refractivity contribution in [1.29, 1.82) is 5.26 Å². The molecule has 1 aliphatic heterocycles. The van der Waals surface area contributed by atoms with E-state index in [2.05, 4.69) is 17.0 Å². The van der Waals surface area contributed by atoms with Gasteiger partial charge in [0.15, 0.2) is 0 Å². The predicted octanol–water partition coefficient (Wildman–Crippen LogP) is 1.85. The van der Waals surface area contributed by atoms with Gasteiger partial charge in [0.1, 0.15) is 12.4 Å². The van der Waals surface area contributed by atoms with Gasteiger partial charge in [-0.3, -0.25) is 9.69 Å². The molecule has 1 amide bonds. The Kier molecular flexibility index (Phi) is 4.78. The molecule has 122 valence electrons. The topological polar surface area (TPSA) is 79.3 Å². The van der Waals surface area contributed by atoms with E-state index >= 15 is 0 Å². The lowest BCUT2D eigenvalue weighted by molar-refractivity contribution is -0.123. The van der Waals surface area contributed by atoms with Gasteiger partial charge < -0.3 is 10.5 Å². The minimum atomic E-state index is -0.311. The third-order valence-corrected chi connectivity index (χ3v) is 4.28. The van der Waals surface area contributed by atoms with E-state index in [1.54, 1.807) is 18.2 Å². The van der Waals surface area contributed by atoms with E-state index in [9.17, 15) is 4.79 Å². The summed E-state index contributed by atoms with van der Waals surface area (Å²) in [5, 5.41) is 8.91. The highest BCUT2D eigenvalue weighted by molar-refractivity contribution is 5.80. The lowest BCUT2D eigenvalue weighted by atomic mass is 9.93. The second-order valence-corrected chi connectivity index (χ2v) is 5.85. The van der Waals surface area contributed by atoms with Crippen molar-refractivity contribution in [2.45, 2.75) is 19.0 Å². The Morgan fingerprint density at radius 3 is 2.79 bits per heavy atom. The van der Waals surface area contributed by atoms with E-state index in [1.165, 1.54) is 11.1 Å². The zero-order valence-corrected chi connectivity index (χ0v) is 13.3. The molecular formula is C19H19N3O2. The number of carbonyl (C=O) groups excluding carboxylic acids is 1. The molecule has 1 atom stereocenters. The van der Waals surface area contributed by atoms with Crippen molar-refractivity contribution >= 4 is 5.91 Å². The highest BCUT2D eigenvalue weighted by Crippen LogP contribution is 2.23. The van der Waals surface area contributed by atoms with Crippen LogP contribution in [0.4, 0.5) is 0 Å². The molecule has 1 heterocycles. The van der Waals surface area contributed by atoms with Gasteiger partial charge in [0, 0.05) is 13.1 Å². The second-order valence-electron chi connectivity index (χ2n) is 5.85. The summed E-state index contributed by atoms with van der Waals surface area (Å²) in [5.74, 6) is 0.345. The van der Waals surface area contributed by atoms with Crippen molar-refractivity contribution in [1.82, 2.24) is 4.90 Å². The molecule has 0 unspecified atom stereocenters. The van der Waals surface area contributed by atoms with Gasteiger partial charge in [0.2, 0.25) is 5.91 Å². The van der Waals surface area contributed by atoms with E-state index < -0.39 is 0 Å². The molecule has 0 spiro atoms. The minimum absolute atomic E-state index is 0.309. The SMILES string of the molecule is N#Cc1cccc(OCCN2Cc3ccccc3C[C@H]2C(N)=O)c1. The molecule has 2 aromatic rings. The molecule has 2 N–H and O–H groups in total. The normalized spacial score (nSPS) is 16.9. The summed E-state index contributed by atoms with van der Waals surface area (Å²) in [6.45, 7) is 1.71. The third-order valence-electron chi connectivity index (χ3n) is 4.28. The Morgan fingerprint density at radius 2 is 2.04 bits per heavy atom. The first-order valence-electron chi connectivity index (χ1n) is 7.90. The van der Waals surface area contributed by atoms with Crippen molar-refractivity contribution in [3.8, 4) is 11.8 Å². The van der Waals surface area contributed by atoms with Crippen LogP contribution in [-0.4, -0.2) is 30.0 Å². The highest BCUT2D eigenvalue weighted by Gasteiger charge is 2.29. The van der Waals surface area contributed by atoms with E-state index in [-0.39, 0.29) is 11.9 Å². The maximum absolute atomic E-state index is 11.8. The molecule has 0 radical (unpaired) electrons. The molecular weight excluding hydrogens is 302 g/mol. The van der Waals surface area contributed by atoms with Gasteiger partial charge in [-0.15, -0.1) is 0 Å². The van der Waals surface area contributed by atoms with Crippen LogP contribution >= 0.6 is 0 Å². The number of primary amides is 1. The number of benzene rings is 2. The van der Waals surface area contributed by atoms with Crippen LogP contribution in [0.25, 0.3) is 0 Å². The number of fused-ring (bicyclic) bond motifs is 1. The second kappa shape index (κ2) is 7.16. The van der Waals surface area contributed by atoms with Gasteiger partial charge in [-0.25, -0.2) is 0 Å². The minimum Gasteiger partial charge on any atom is -0.492 e. The number of carbonyl (C=O) groups is 1. The van der Waals surface area contributed by atoms with E-state index in [1.807, 2.05) is 24.3 Å². The van der Waals surface area contributed by atoms with Crippen LogP contribution in [-0.2, 0) is 17.8 Å². The summed E-state index contributed by atoms with van der Waals surface area (Å²) < 4.78 is 5.72. The molecule has 0 bridgehead atoms. The summed E-state index contributed by atoms with van der Waals surface area (Å²) >= 11 is 0. The number of ether oxygens (including phenoxy) is 1. The number of hydrogen-bond acceptors (Lipinski definition) is 4. The lowest BCUT2D eigenvalue weighted by Crippen LogP contribution is -2.49. The van der Waals surface area contributed by atoms with Crippen LogP contribution in [0.5, 0.6) is 5.75 Å². The number of nitrogens with zero attached hydrogens (tertiary/aromatic N) is 2. The Balaban J connectivity index is 1.65. The lowest BCUT2D eigenvalue weighted by Gasteiger charge is -2.34. The van der Waals surface area contributed by atoms with Gasteiger partial charge in [-0.2, -0.15) is 5.26 Å². The first-order valence-corrected chi connectivity index (χ1v) is 7.90. The highest BCUT2D eigenvalue weighted by atomic mass is 16.5. The molecule has 2 aromatic carbocycles. The van der Waals surface area contributed by atoms with Gasteiger partial charge in [-0.05, 0) is 35.7 Å². The zero-order chi connectivity index (χ0) is 16.9. The fourth-order valence-electron chi connectivity index (χ4n) is 3.03. The molecule has 0 aromatic heterocycles. The first kappa shape index (κ1) is 16.0. The Bertz CT molecular complexity index is 782. The Morgan fingerprint density at radius 1 is 1.25 bits per heavy atom. The molecule has 5 nitrogen and oxygen atoms in total. The predicted molar refractivity (Wildman–Crippen MR) is 90.2 cm³/mol. The van der Waals surface area contributed by atoms with E-state index in [4.69, 9.17) is 15.7 Å². The zero-order valence-electron chi connectivity index (χ0n) is 13.3. The van der Waals surface area contributed by atoms with Crippen molar-refractivity contribution in [3.05, 3.63) is 65.2 Å². The van der Waals surface area contributed by atoms with Gasteiger partial charge in [0.05, 0.1) is 17.7 Å². The van der Waals surface area contributed by atoms with E-state index in [0.717, 1.165) is 0 Å². The molecule has 1 aliphatic rings. The average Bonchev–Trinajstić information content (AvgIpc) is 2.61. The molecule has 24 heavy (non-hydrogen) atoms. The number of rotatable bonds is 5. The molecule has 5 heteroatoms. The Labute approximate surface area is 141 Å². The molecule has 3 rings (SSSR count). The monoisotopic (exact) mass is 321 g/mol. The van der Waals surface area contributed by atoms with Gasteiger partial charge >= 0.3 is 0 Å². The standard InChI is InChI=1S/C19H19N3O2/c20-12-14-4-3-7-17(10-14)24-9-8-22-13-16-6-2-1-5-15(16)11-18(22)19(21)23/h1-7,10,18H,8-9,11,13H2,(H2,21,23)/t18-/m0/s1. The first-order chi connectivity index (χ1) is 11.7. The van der Waals surface area contributed by atoms with E-state index in [0.29, 0.717) is 37.4 Å². The number of nitriles is 1. The third kappa shape index (κ3) is 3.55. The fourth-order valence-corrected chi connectivity index (χ4v) is 3.03. The average molecular weight is 321 g/mol. The molecule has 0 fully saturated rings. The quantitative estimate of drug-likeness (QED) is 0.911. The van der Waals surface area contributed by atoms with Crippen LogP contribution in [0.2, 0.25) is 0 Å². The fraction of sp³-hybridized carbons (Fsp3) is 0.263. The number of nitrogens with two attached hydrogens (primary N) is 1. The van der Waals surface area contributed by atoms with Crippen LogP contribution in [0.1, 0.15) is 16.7 Å². The summed E-state index contributed by atoms with van der Waals surface area (Å²) in [6, 6.07) is 16.9. The Hall–Kier alpha value is -2.84. The molecule has 0 aliphatic carbocycles. The summed E-state index contributed by atoms with van der Waals surface area (Å²) in [7, 11) is 0. The van der Waals surface area contributed by atoms with Crippen molar-refractivity contribution in [3.63, 3.8) is 0 Å². The van der Waals surface area contributed by atoms with Crippen LogP contribution in [0.3, 0.4) is 0 Å². The van der Waals surface area contributed by atoms with Crippen molar-refractivity contribution < 1.29 is 9.53 Å². The number of amides is 1.